The lowest BCUT2D eigenvalue weighted by Crippen LogP contribution is -2.33. The Morgan fingerprint density at radius 2 is 2.00 bits per heavy atom. The molecule has 1 aliphatic carbocycles. The number of para-hydroxylation sites is 1. The van der Waals surface area contributed by atoms with Crippen molar-refractivity contribution in [3.05, 3.63) is 30.1 Å². The molecule has 0 bridgehead atoms. The van der Waals surface area contributed by atoms with Gasteiger partial charge in [0.25, 0.3) is 0 Å². The first-order chi connectivity index (χ1) is 10.6. The van der Waals surface area contributed by atoms with Crippen LogP contribution in [-0.2, 0) is 14.3 Å². The van der Waals surface area contributed by atoms with Crippen LogP contribution in [0.4, 0.5) is 10.1 Å². The van der Waals surface area contributed by atoms with Crippen LogP contribution in [0.25, 0.3) is 0 Å². The quantitative estimate of drug-likeness (QED) is 0.870. The summed E-state index contributed by atoms with van der Waals surface area (Å²) in [7, 11) is 0. The van der Waals surface area contributed by atoms with Crippen molar-refractivity contribution >= 4 is 17.5 Å². The number of benzene rings is 1. The van der Waals surface area contributed by atoms with E-state index in [1.54, 1.807) is 12.1 Å². The number of nitrogens with one attached hydrogen (secondary N) is 2. The Hall–Kier alpha value is -1.95. The maximum Gasteiger partial charge on any atom is 0.228 e. The Balaban J connectivity index is 1.45. The first-order valence-corrected chi connectivity index (χ1v) is 7.60. The molecule has 0 spiro atoms. The third-order valence-electron chi connectivity index (χ3n) is 4.12. The van der Waals surface area contributed by atoms with Gasteiger partial charge in [0.2, 0.25) is 11.8 Å². The zero-order valence-electron chi connectivity index (χ0n) is 12.2. The monoisotopic (exact) mass is 306 g/mol. The average molecular weight is 306 g/mol. The molecule has 22 heavy (non-hydrogen) atoms. The number of ether oxygens (including phenoxy) is 1. The number of rotatable bonds is 5. The lowest BCUT2D eigenvalue weighted by Gasteiger charge is -2.10. The first kappa shape index (κ1) is 15.0. The molecule has 2 N–H and O–H groups in total. The summed E-state index contributed by atoms with van der Waals surface area (Å²) in [5, 5.41) is 5.36. The van der Waals surface area contributed by atoms with Gasteiger partial charge in [-0.25, -0.2) is 4.39 Å². The van der Waals surface area contributed by atoms with Gasteiger partial charge in [0.05, 0.1) is 23.6 Å². The van der Waals surface area contributed by atoms with Crippen LogP contribution in [0.3, 0.4) is 0 Å². The van der Waals surface area contributed by atoms with E-state index in [1.165, 1.54) is 12.1 Å². The molecule has 0 aromatic heterocycles. The van der Waals surface area contributed by atoms with Crippen LogP contribution in [0.5, 0.6) is 0 Å². The molecule has 0 radical (unpaired) electrons. The van der Waals surface area contributed by atoms with Crippen LogP contribution >= 0.6 is 0 Å². The van der Waals surface area contributed by atoms with E-state index in [1.807, 2.05) is 0 Å². The second-order valence-electron chi connectivity index (χ2n) is 5.80. The van der Waals surface area contributed by atoms with Gasteiger partial charge in [-0.05, 0) is 31.4 Å². The van der Waals surface area contributed by atoms with Gasteiger partial charge in [-0.3, -0.25) is 9.59 Å². The molecule has 118 valence electrons. The molecule has 6 heteroatoms. The highest BCUT2D eigenvalue weighted by molar-refractivity contribution is 5.99. The Bertz CT molecular complexity index is 572. The molecule has 2 fully saturated rings. The number of hydrogen-bond acceptors (Lipinski definition) is 3. The lowest BCUT2D eigenvalue weighted by atomic mass is 10.2. The molecular weight excluding hydrogens is 287 g/mol. The number of amides is 2. The maximum absolute atomic E-state index is 13.5. The minimum atomic E-state index is -0.476. The molecule has 3 unspecified atom stereocenters. The van der Waals surface area contributed by atoms with Gasteiger partial charge in [0.1, 0.15) is 5.82 Å². The number of halogens is 1. The van der Waals surface area contributed by atoms with Crippen molar-refractivity contribution in [2.45, 2.75) is 25.4 Å². The predicted molar refractivity (Wildman–Crippen MR) is 78.6 cm³/mol. The van der Waals surface area contributed by atoms with Crippen molar-refractivity contribution in [1.29, 1.82) is 0 Å². The molecule has 1 saturated carbocycles. The lowest BCUT2D eigenvalue weighted by molar-refractivity contribution is -0.125. The fourth-order valence-electron chi connectivity index (χ4n) is 2.71. The number of carbonyl (C=O) groups is 2. The maximum atomic E-state index is 13.5. The number of anilines is 1. The van der Waals surface area contributed by atoms with Crippen LogP contribution in [0, 0.1) is 17.7 Å². The molecular formula is C16H19FN2O3. The largest absolute Gasteiger partial charge is 0.376 e. The summed E-state index contributed by atoms with van der Waals surface area (Å²) in [4.78, 5) is 24.0. The van der Waals surface area contributed by atoms with Crippen LogP contribution in [0.1, 0.15) is 19.3 Å². The molecule has 1 aromatic rings. The molecule has 1 heterocycles. The fraction of sp³-hybridized carbons (Fsp3) is 0.500. The summed E-state index contributed by atoms with van der Waals surface area (Å²) in [6.07, 6.45) is 2.59. The van der Waals surface area contributed by atoms with E-state index in [-0.39, 0.29) is 35.4 Å². The van der Waals surface area contributed by atoms with Crippen molar-refractivity contribution in [2.24, 2.45) is 11.8 Å². The Kier molecular flexibility index (Phi) is 4.38. The summed E-state index contributed by atoms with van der Waals surface area (Å²) < 4.78 is 18.9. The normalized spacial score (nSPS) is 26.5. The van der Waals surface area contributed by atoms with E-state index in [4.69, 9.17) is 4.74 Å². The Morgan fingerprint density at radius 1 is 1.23 bits per heavy atom. The molecule has 1 aliphatic heterocycles. The Labute approximate surface area is 128 Å². The topological polar surface area (TPSA) is 67.4 Å². The summed E-state index contributed by atoms with van der Waals surface area (Å²) in [6, 6.07) is 6.00. The van der Waals surface area contributed by atoms with Gasteiger partial charge in [0, 0.05) is 13.2 Å². The number of hydrogen-bond donors (Lipinski definition) is 2. The van der Waals surface area contributed by atoms with Crippen molar-refractivity contribution in [3.63, 3.8) is 0 Å². The van der Waals surface area contributed by atoms with E-state index in [2.05, 4.69) is 10.6 Å². The van der Waals surface area contributed by atoms with Crippen molar-refractivity contribution in [3.8, 4) is 0 Å². The third-order valence-corrected chi connectivity index (χ3v) is 4.12. The number of carbonyl (C=O) groups excluding carboxylic acids is 2. The molecule has 2 amide bonds. The van der Waals surface area contributed by atoms with Crippen LogP contribution < -0.4 is 10.6 Å². The summed E-state index contributed by atoms with van der Waals surface area (Å²) in [6.45, 7) is 1.24. The SMILES string of the molecule is O=C(NCC1CCCO1)C1CC1C(=O)Nc1ccccc1F. The van der Waals surface area contributed by atoms with Crippen LogP contribution in [-0.4, -0.2) is 31.1 Å². The van der Waals surface area contributed by atoms with Crippen molar-refractivity contribution < 1.29 is 18.7 Å². The zero-order valence-corrected chi connectivity index (χ0v) is 12.2. The third kappa shape index (κ3) is 3.44. The van der Waals surface area contributed by atoms with Gasteiger partial charge >= 0.3 is 0 Å². The van der Waals surface area contributed by atoms with Gasteiger partial charge in [-0.2, -0.15) is 0 Å². The summed E-state index contributed by atoms with van der Waals surface area (Å²) >= 11 is 0. The van der Waals surface area contributed by atoms with Gasteiger partial charge in [0.15, 0.2) is 0 Å². The molecule has 1 saturated heterocycles. The molecule has 3 rings (SSSR count). The van der Waals surface area contributed by atoms with Gasteiger partial charge in [-0.1, -0.05) is 12.1 Å². The summed E-state index contributed by atoms with van der Waals surface area (Å²) in [5.74, 6) is -1.58. The zero-order chi connectivity index (χ0) is 15.5. The average Bonchev–Trinajstić information content (AvgIpc) is 3.15. The summed E-state index contributed by atoms with van der Waals surface area (Å²) in [5.41, 5.74) is 0.151. The van der Waals surface area contributed by atoms with E-state index >= 15 is 0 Å². The van der Waals surface area contributed by atoms with E-state index in [0.29, 0.717) is 13.0 Å². The van der Waals surface area contributed by atoms with Crippen LogP contribution in [0.15, 0.2) is 24.3 Å². The fourth-order valence-corrected chi connectivity index (χ4v) is 2.71. The highest BCUT2D eigenvalue weighted by atomic mass is 19.1. The van der Waals surface area contributed by atoms with Crippen LogP contribution in [0.2, 0.25) is 0 Å². The molecule has 3 atom stereocenters. The van der Waals surface area contributed by atoms with Crippen molar-refractivity contribution in [1.82, 2.24) is 5.32 Å². The first-order valence-electron chi connectivity index (χ1n) is 7.60. The molecule has 1 aromatic carbocycles. The Morgan fingerprint density at radius 3 is 2.73 bits per heavy atom. The van der Waals surface area contributed by atoms with Crippen molar-refractivity contribution in [2.75, 3.05) is 18.5 Å². The highest BCUT2D eigenvalue weighted by Gasteiger charge is 2.48. The standard InChI is InChI=1S/C16H19FN2O3/c17-13-5-1-2-6-14(13)19-16(21)12-8-11(12)15(20)18-9-10-4-3-7-22-10/h1-2,5-6,10-12H,3-4,7-9H2,(H,18,20)(H,19,21). The minimum absolute atomic E-state index is 0.0911. The van der Waals surface area contributed by atoms with E-state index in [9.17, 15) is 14.0 Å². The minimum Gasteiger partial charge on any atom is -0.376 e. The highest BCUT2D eigenvalue weighted by Crippen LogP contribution is 2.39. The second-order valence-corrected chi connectivity index (χ2v) is 5.80. The molecule has 5 nitrogen and oxygen atoms in total. The smallest absolute Gasteiger partial charge is 0.228 e. The van der Waals surface area contributed by atoms with Gasteiger partial charge < -0.3 is 15.4 Å². The van der Waals surface area contributed by atoms with E-state index in [0.717, 1.165) is 19.4 Å². The molecule has 2 aliphatic rings. The van der Waals surface area contributed by atoms with Gasteiger partial charge in [-0.15, -0.1) is 0 Å². The predicted octanol–water partition coefficient (Wildman–Crippen LogP) is 1.70. The van der Waals surface area contributed by atoms with E-state index < -0.39 is 5.82 Å². The second kappa shape index (κ2) is 6.44.